The fraction of sp³-hybridized carbons (Fsp3) is 0.529. The number of hydrogen-bond donors (Lipinski definition) is 1. The summed E-state index contributed by atoms with van der Waals surface area (Å²) >= 11 is 5.99. The van der Waals surface area contributed by atoms with Crippen molar-refractivity contribution in [3.63, 3.8) is 0 Å². The fourth-order valence-corrected chi connectivity index (χ4v) is 3.79. The molecule has 1 N–H and O–H groups in total. The first-order valence-corrected chi connectivity index (χ1v) is 7.72. The van der Waals surface area contributed by atoms with Crippen LogP contribution in [0.25, 0.3) is 0 Å². The molecule has 0 aromatic heterocycles. The molecule has 3 heteroatoms. The summed E-state index contributed by atoms with van der Waals surface area (Å²) in [4.78, 5) is 0. The van der Waals surface area contributed by atoms with E-state index >= 15 is 0 Å². The average molecular weight is 293 g/mol. The molecule has 0 saturated heterocycles. The molecule has 0 amide bonds. The number of benzene rings is 1. The van der Waals surface area contributed by atoms with Gasteiger partial charge in [-0.15, -0.1) is 0 Å². The van der Waals surface area contributed by atoms with Crippen molar-refractivity contribution in [1.82, 2.24) is 0 Å². The van der Waals surface area contributed by atoms with E-state index in [9.17, 15) is 5.11 Å². The van der Waals surface area contributed by atoms with Crippen molar-refractivity contribution in [3.05, 3.63) is 40.4 Å². The molecular formula is C17H21ClO2. The maximum Gasteiger partial charge on any atom is 0.125 e. The van der Waals surface area contributed by atoms with Crippen LogP contribution in [0.1, 0.15) is 44.8 Å². The lowest BCUT2D eigenvalue weighted by Crippen LogP contribution is -2.35. The normalized spacial score (nSPS) is 33.1. The topological polar surface area (TPSA) is 29.5 Å². The number of allylic oxidation sites excluding steroid dienone is 2. The summed E-state index contributed by atoms with van der Waals surface area (Å²) in [6.45, 7) is 4.44. The monoisotopic (exact) mass is 292 g/mol. The van der Waals surface area contributed by atoms with Crippen LogP contribution in [0.3, 0.4) is 0 Å². The summed E-state index contributed by atoms with van der Waals surface area (Å²) in [6.07, 6.45) is 4.86. The van der Waals surface area contributed by atoms with Gasteiger partial charge in [0, 0.05) is 22.9 Å². The molecule has 4 atom stereocenters. The molecule has 3 rings (SSSR count). The predicted molar refractivity (Wildman–Crippen MR) is 81.1 cm³/mol. The molecular weight excluding hydrogens is 272 g/mol. The minimum Gasteiger partial charge on any atom is -0.490 e. The Kier molecular flexibility index (Phi) is 3.78. The van der Waals surface area contributed by atoms with Crippen LogP contribution in [0, 0.1) is 11.8 Å². The fourth-order valence-electron chi connectivity index (χ4n) is 3.61. The van der Waals surface area contributed by atoms with E-state index < -0.39 is 6.10 Å². The molecule has 20 heavy (non-hydrogen) atoms. The number of halogens is 1. The Morgan fingerprint density at radius 1 is 1.30 bits per heavy atom. The molecule has 0 bridgehead atoms. The van der Waals surface area contributed by atoms with E-state index in [0.29, 0.717) is 23.3 Å². The Morgan fingerprint density at radius 2 is 2.10 bits per heavy atom. The van der Waals surface area contributed by atoms with Gasteiger partial charge >= 0.3 is 0 Å². The van der Waals surface area contributed by atoms with Crippen LogP contribution in [0.2, 0.25) is 5.02 Å². The van der Waals surface area contributed by atoms with Gasteiger partial charge in [-0.05, 0) is 43.9 Å². The SMILES string of the molecule is CC1=CC(C)CC(C2CC(O)c3cc(Cl)ccc3O2)C1. The molecule has 1 aromatic rings. The average Bonchev–Trinajstić information content (AvgIpc) is 2.38. The van der Waals surface area contributed by atoms with Crippen LogP contribution in [0.15, 0.2) is 29.8 Å². The van der Waals surface area contributed by atoms with Crippen molar-refractivity contribution in [3.8, 4) is 5.75 Å². The third-order valence-corrected chi connectivity index (χ3v) is 4.65. The zero-order chi connectivity index (χ0) is 14.3. The van der Waals surface area contributed by atoms with Gasteiger partial charge in [0.25, 0.3) is 0 Å². The summed E-state index contributed by atoms with van der Waals surface area (Å²) in [5.74, 6) is 1.88. The second-order valence-electron chi connectivity index (χ2n) is 6.28. The van der Waals surface area contributed by atoms with Gasteiger partial charge in [-0.3, -0.25) is 0 Å². The first-order valence-electron chi connectivity index (χ1n) is 7.34. The molecule has 2 nitrogen and oxygen atoms in total. The largest absolute Gasteiger partial charge is 0.490 e. The lowest BCUT2D eigenvalue weighted by Gasteiger charge is -2.37. The van der Waals surface area contributed by atoms with Gasteiger partial charge in [0.05, 0.1) is 6.10 Å². The number of aliphatic hydroxyl groups is 1. The molecule has 1 aliphatic carbocycles. The van der Waals surface area contributed by atoms with Crippen LogP contribution in [0.4, 0.5) is 0 Å². The lowest BCUT2D eigenvalue weighted by atomic mass is 9.78. The van der Waals surface area contributed by atoms with Crippen molar-refractivity contribution in [2.45, 2.75) is 45.3 Å². The number of hydrogen-bond acceptors (Lipinski definition) is 2. The first kappa shape index (κ1) is 14.0. The van der Waals surface area contributed by atoms with E-state index in [2.05, 4.69) is 19.9 Å². The molecule has 4 unspecified atom stereocenters. The van der Waals surface area contributed by atoms with E-state index in [0.717, 1.165) is 24.2 Å². The minimum atomic E-state index is -0.469. The molecule has 1 heterocycles. The lowest BCUT2D eigenvalue weighted by molar-refractivity contribution is 0.0273. The van der Waals surface area contributed by atoms with E-state index in [1.165, 1.54) is 5.57 Å². The van der Waals surface area contributed by atoms with Gasteiger partial charge in [0.15, 0.2) is 0 Å². The number of fused-ring (bicyclic) bond motifs is 1. The molecule has 0 spiro atoms. The molecule has 0 saturated carbocycles. The minimum absolute atomic E-state index is 0.102. The Morgan fingerprint density at radius 3 is 2.85 bits per heavy atom. The second-order valence-corrected chi connectivity index (χ2v) is 6.72. The van der Waals surface area contributed by atoms with E-state index in [1.807, 2.05) is 18.2 Å². The molecule has 2 aliphatic rings. The Balaban J connectivity index is 1.81. The van der Waals surface area contributed by atoms with Gasteiger partial charge < -0.3 is 9.84 Å². The van der Waals surface area contributed by atoms with Gasteiger partial charge in [-0.2, -0.15) is 0 Å². The molecule has 1 aromatic carbocycles. The summed E-state index contributed by atoms with van der Waals surface area (Å²) in [6, 6.07) is 5.51. The third-order valence-electron chi connectivity index (χ3n) is 4.42. The zero-order valence-corrected chi connectivity index (χ0v) is 12.7. The smallest absolute Gasteiger partial charge is 0.125 e. The summed E-state index contributed by atoms with van der Waals surface area (Å²) in [5, 5.41) is 11.0. The van der Waals surface area contributed by atoms with Gasteiger partial charge in [0.2, 0.25) is 0 Å². The van der Waals surface area contributed by atoms with Crippen molar-refractivity contribution in [2.24, 2.45) is 11.8 Å². The number of rotatable bonds is 1. The Bertz CT molecular complexity index is 538. The van der Waals surface area contributed by atoms with E-state index in [4.69, 9.17) is 16.3 Å². The number of ether oxygens (including phenoxy) is 1. The van der Waals surface area contributed by atoms with Crippen LogP contribution < -0.4 is 4.74 Å². The van der Waals surface area contributed by atoms with Crippen LogP contribution in [-0.4, -0.2) is 11.2 Å². The van der Waals surface area contributed by atoms with Crippen molar-refractivity contribution < 1.29 is 9.84 Å². The molecule has 0 fully saturated rings. The number of aliphatic hydroxyl groups excluding tert-OH is 1. The Labute approximate surface area is 125 Å². The molecule has 0 radical (unpaired) electrons. The molecule has 108 valence electrons. The van der Waals surface area contributed by atoms with Gasteiger partial charge in [0.1, 0.15) is 11.9 Å². The van der Waals surface area contributed by atoms with Gasteiger partial charge in [-0.1, -0.05) is 30.2 Å². The maximum atomic E-state index is 10.4. The predicted octanol–water partition coefficient (Wildman–Crippen LogP) is 4.52. The highest BCUT2D eigenvalue weighted by Crippen LogP contribution is 2.42. The van der Waals surface area contributed by atoms with E-state index in [1.54, 1.807) is 0 Å². The third kappa shape index (κ3) is 2.72. The van der Waals surface area contributed by atoms with Crippen LogP contribution in [-0.2, 0) is 0 Å². The van der Waals surface area contributed by atoms with E-state index in [-0.39, 0.29) is 6.10 Å². The van der Waals surface area contributed by atoms with Gasteiger partial charge in [-0.25, -0.2) is 0 Å². The quantitative estimate of drug-likeness (QED) is 0.771. The highest BCUT2D eigenvalue weighted by molar-refractivity contribution is 6.30. The zero-order valence-electron chi connectivity index (χ0n) is 12.0. The highest BCUT2D eigenvalue weighted by Gasteiger charge is 2.34. The Hall–Kier alpha value is -0.990. The van der Waals surface area contributed by atoms with Crippen molar-refractivity contribution >= 4 is 11.6 Å². The first-order chi connectivity index (χ1) is 9.52. The van der Waals surface area contributed by atoms with Crippen LogP contribution >= 0.6 is 11.6 Å². The van der Waals surface area contributed by atoms with Crippen molar-refractivity contribution in [1.29, 1.82) is 0 Å². The molecule has 1 aliphatic heterocycles. The standard InChI is InChI=1S/C17H21ClO2/c1-10-5-11(2)7-12(6-10)17-9-15(19)14-8-13(18)3-4-16(14)20-17/h3-5,8,10,12,15,17,19H,6-7,9H2,1-2H3. The van der Waals surface area contributed by atoms with Crippen LogP contribution in [0.5, 0.6) is 5.75 Å². The summed E-state index contributed by atoms with van der Waals surface area (Å²) in [7, 11) is 0. The van der Waals surface area contributed by atoms with Crippen molar-refractivity contribution in [2.75, 3.05) is 0 Å². The second kappa shape index (κ2) is 5.42. The summed E-state index contributed by atoms with van der Waals surface area (Å²) in [5.41, 5.74) is 2.26. The summed E-state index contributed by atoms with van der Waals surface area (Å²) < 4.78 is 6.15. The maximum absolute atomic E-state index is 10.4. The highest BCUT2D eigenvalue weighted by atomic mass is 35.5.